The van der Waals surface area contributed by atoms with E-state index in [1.165, 1.54) is 51.6 Å². The maximum atomic E-state index is 2.91. The molecule has 16 heavy (non-hydrogen) atoms. The van der Waals surface area contributed by atoms with E-state index in [0.29, 0.717) is 0 Å². The van der Waals surface area contributed by atoms with Gasteiger partial charge in [0.1, 0.15) is 0 Å². The number of hydrogen-bond donors (Lipinski definition) is 0. The molecule has 2 saturated carbocycles. The van der Waals surface area contributed by atoms with E-state index >= 15 is 0 Å². The molecule has 3 heterocycles. The van der Waals surface area contributed by atoms with Crippen LogP contribution in [0.25, 0.3) is 0 Å². The summed E-state index contributed by atoms with van der Waals surface area (Å²) in [5, 5.41) is 0. The van der Waals surface area contributed by atoms with Crippen LogP contribution in [0.5, 0.6) is 0 Å². The average molecular weight is 218 g/mol. The SMILES string of the molecule is C1C[C@H]2CN3C([C@H]2C1)N1C[C@@H]2CCC[C@@H]2C31. The van der Waals surface area contributed by atoms with Crippen LogP contribution in [0, 0.1) is 23.7 Å². The highest BCUT2D eigenvalue weighted by Crippen LogP contribution is 2.57. The molecule has 0 bridgehead atoms. The van der Waals surface area contributed by atoms with Crippen LogP contribution in [0.3, 0.4) is 0 Å². The second-order valence-electron chi connectivity index (χ2n) is 6.93. The van der Waals surface area contributed by atoms with Gasteiger partial charge in [-0.05, 0) is 49.4 Å². The lowest BCUT2D eigenvalue weighted by Crippen LogP contribution is -2.68. The van der Waals surface area contributed by atoms with Crippen molar-refractivity contribution in [1.29, 1.82) is 0 Å². The van der Waals surface area contributed by atoms with Gasteiger partial charge in [0.2, 0.25) is 0 Å². The van der Waals surface area contributed by atoms with Gasteiger partial charge in [0, 0.05) is 13.1 Å². The summed E-state index contributed by atoms with van der Waals surface area (Å²) in [6.07, 6.45) is 11.0. The number of fused-ring (bicyclic) bond motifs is 8. The van der Waals surface area contributed by atoms with Crippen LogP contribution in [0.2, 0.25) is 0 Å². The third-order valence-electron chi connectivity index (χ3n) is 6.45. The zero-order valence-corrected chi connectivity index (χ0v) is 10.0. The van der Waals surface area contributed by atoms with Crippen LogP contribution in [0.1, 0.15) is 38.5 Å². The molecule has 0 amide bonds. The van der Waals surface area contributed by atoms with Crippen molar-refractivity contribution >= 4 is 0 Å². The largest absolute Gasteiger partial charge is 0.271 e. The molecule has 0 radical (unpaired) electrons. The Morgan fingerprint density at radius 2 is 1.12 bits per heavy atom. The zero-order chi connectivity index (χ0) is 10.3. The Bertz CT molecular complexity index is 289. The highest BCUT2D eigenvalue weighted by atomic mass is 15.6. The highest BCUT2D eigenvalue weighted by molar-refractivity contribution is 5.12. The van der Waals surface area contributed by atoms with Crippen molar-refractivity contribution in [3.63, 3.8) is 0 Å². The fourth-order valence-corrected chi connectivity index (χ4v) is 5.95. The first kappa shape index (κ1) is 8.93. The third-order valence-corrected chi connectivity index (χ3v) is 6.45. The number of hydrogen-bond acceptors (Lipinski definition) is 2. The number of rotatable bonds is 0. The van der Waals surface area contributed by atoms with Gasteiger partial charge in [0.25, 0.3) is 0 Å². The zero-order valence-electron chi connectivity index (χ0n) is 10.0. The molecule has 5 fully saturated rings. The van der Waals surface area contributed by atoms with Crippen LogP contribution >= 0.6 is 0 Å². The molecule has 0 aromatic rings. The summed E-state index contributed by atoms with van der Waals surface area (Å²) < 4.78 is 0. The lowest BCUT2D eigenvalue weighted by Gasteiger charge is -2.54. The summed E-state index contributed by atoms with van der Waals surface area (Å²) in [6.45, 7) is 2.92. The van der Waals surface area contributed by atoms with Gasteiger partial charge < -0.3 is 0 Å². The fraction of sp³-hybridized carbons (Fsp3) is 1.00. The van der Waals surface area contributed by atoms with Gasteiger partial charge in [-0.2, -0.15) is 0 Å². The van der Waals surface area contributed by atoms with Gasteiger partial charge in [-0.3, -0.25) is 9.80 Å². The summed E-state index contributed by atoms with van der Waals surface area (Å²) in [4.78, 5) is 5.81. The predicted molar refractivity (Wildman–Crippen MR) is 62.7 cm³/mol. The summed E-state index contributed by atoms with van der Waals surface area (Å²) in [5.74, 6) is 4.29. The molecule has 0 N–H and O–H groups in total. The number of nitrogens with zero attached hydrogens (tertiary/aromatic N) is 2. The van der Waals surface area contributed by atoms with E-state index in [-0.39, 0.29) is 0 Å². The Morgan fingerprint density at radius 3 is 1.62 bits per heavy atom. The molecule has 3 aliphatic heterocycles. The van der Waals surface area contributed by atoms with E-state index in [9.17, 15) is 0 Å². The molecular formula is C14H22N2. The van der Waals surface area contributed by atoms with Gasteiger partial charge in [0.05, 0.1) is 12.3 Å². The van der Waals surface area contributed by atoms with Crippen molar-refractivity contribution in [2.75, 3.05) is 13.1 Å². The normalized spacial score (nSPS) is 59.2. The Hall–Kier alpha value is -0.0800. The van der Waals surface area contributed by atoms with Gasteiger partial charge in [0.15, 0.2) is 0 Å². The third kappa shape index (κ3) is 0.862. The molecule has 0 spiro atoms. The van der Waals surface area contributed by atoms with Crippen LogP contribution in [-0.4, -0.2) is 35.2 Å². The molecule has 88 valence electrons. The Morgan fingerprint density at radius 1 is 0.625 bits per heavy atom. The van der Waals surface area contributed by atoms with E-state index in [2.05, 4.69) is 9.80 Å². The van der Waals surface area contributed by atoms with Crippen molar-refractivity contribution in [2.45, 2.75) is 50.9 Å². The Balaban J connectivity index is 1.46. The van der Waals surface area contributed by atoms with Crippen molar-refractivity contribution in [3.8, 4) is 0 Å². The van der Waals surface area contributed by atoms with Gasteiger partial charge in [-0.1, -0.05) is 12.8 Å². The van der Waals surface area contributed by atoms with Gasteiger partial charge >= 0.3 is 0 Å². The van der Waals surface area contributed by atoms with Crippen molar-refractivity contribution < 1.29 is 0 Å². The Kier molecular flexibility index (Phi) is 1.58. The summed E-state index contributed by atoms with van der Waals surface area (Å²) in [7, 11) is 0. The standard InChI is InChI=1S/C14H22N2/c1-3-9-7-15-13(11(9)5-1)16-8-10-4-2-6-12(10)14(15)16/h9-14H,1-8H2/t9-,10-,11-,12-,13?,14?/m0/s1. The van der Waals surface area contributed by atoms with Crippen LogP contribution in [0.4, 0.5) is 0 Å². The molecule has 3 saturated heterocycles. The molecule has 0 unspecified atom stereocenters. The topological polar surface area (TPSA) is 6.48 Å². The van der Waals surface area contributed by atoms with Crippen molar-refractivity contribution in [3.05, 3.63) is 0 Å². The maximum Gasteiger partial charge on any atom is 0.0681 e. The summed E-state index contributed by atoms with van der Waals surface area (Å²) in [6, 6.07) is 0. The van der Waals surface area contributed by atoms with Crippen LogP contribution in [-0.2, 0) is 0 Å². The molecule has 4 atom stereocenters. The minimum Gasteiger partial charge on any atom is -0.271 e. The molecular weight excluding hydrogens is 196 g/mol. The first-order valence-corrected chi connectivity index (χ1v) is 7.45. The van der Waals surface area contributed by atoms with E-state index in [0.717, 1.165) is 36.0 Å². The molecule has 2 nitrogen and oxygen atoms in total. The van der Waals surface area contributed by atoms with E-state index < -0.39 is 0 Å². The van der Waals surface area contributed by atoms with E-state index in [1.807, 2.05) is 0 Å². The summed E-state index contributed by atoms with van der Waals surface area (Å²) >= 11 is 0. The smallest absolute Gasteiger partial charge is 0.0681 e. The lowest BCUT2D eigenvalue weighted by molar-refractivity contribution is -0.156. The second kappa shape index (κ2) is 2.84. The van der Waals surface area contributed by atoms with E-state index in [1.54, 1.807) is 0 Å². The van der Waals surface area contributed by atoms with Crippen LogP contribution < -0.4 is 0 Å². The molecule has 5 rings (SSSR count). The second-order valence-corrected chi connectivity index (χ2v) is 6.93. The molecule has 5 aliphatic rings. The quantitative estimate of drug-likeness (QED) is 0.614. The fourth-order valence-electron chi connectivity index (χ4n) is 5.95. The van der Waals surface area contributed by atoms with Gasteiger partial charge in [-0.25, -0.2) is 0 Å². The van der Waals surface area contributed by atoms with Gasteiger partial charge in [-0.15, -0.1) is 0 Å². The Labute approximate surface area is 98.0 Å². The maximum absolute atomic E-state index is 2.91. The molecule has 2 heteroatoms. The molecule has 2 aliphatic carbocycles. The first-order valence-electron chi connectivity index (χ1n) is 7.45. The highest BCUT2D eigenvalue weighted by Gasteiger charge is 2.64. The first-order chi connectivity index (χ1) is 7.93. The minimum atomic E-state index is 0.906. The lowest BCUT2D eigenvalue weighted by atomic mass is 9.94. The average Bonchev–Trinajstić information content (AvgIpc) is 2.90. The summed E-state index contributed by atoms with van der Waals surface area (Å²) in [5.41, 5.74) is 0. The molecule has 0 aromatic heterocycles. The van der Waals surface area contributed by atoms with Crippen LogP contribution in [0.15, 0.2) is 0 Å². The van der Waals surface area contributed by atoms with Crippen molar-refractivity contribution in [2.24, 2.45) is 23.7 Å². The van der Waals surface area contributed by atoms with E-state index in [4.69, 9.17) is 0 Å². The monoisotopic (exact) mass is 218 g/mol. The molecule has 0 aromatic carbocycles. The minimum absolute atomic E-state index is 0.906. The predicted octanol–water partition coefficient (Wildman–Crippen LogP) is 2.12. The van der Waals surface area contributed by atoms with Crippen molar-refractivity contribution in [1.82, 2.24) is 9.80 Å².